The summed E-state index contributed by atoms with van der Waals surface area (Å²) in [6, 6.07) is 3.42. The summed E-state index contributed by atoms with van der Waals surface area (Å²) in [6.07, 6.45) is 1.91. The predicted octanol–water partition coefficient (Wildman–Crippen LogP) is 1.07. The van der Waals surface area contributed by atoms with Crippen LogP contribution in [0.15, 0.2) is 12.1 Å². The first-order valence-electron chi connectivity index (χ1n) is 4.22. The van der Waals surface area contributed by atoms with Gasteiger partial charge in [-0.25, -0.2) is 0 Å². The van der Waals surface area contributed by atoms with E-state index in [2.05, 4.69) is 0 Å². The number of phenolic OH excluding ortho intramolecular Hbond substituents is 1. The van der Waals surface area contributed by atoms with Crippen LogP contribution in [0, 0.1) is 0 Å². The Bertz CT molecular complexity index is 344. The summed E-state index contributed by atoms with van der Waals surface area (Å²) in [5.41, 5.74) is 1.76. The molecule has 0 radical (unpaired) electrons. The number of rotatable bonds is 2. The van der Waals surface area contributed by atoms with E-state index in [1.807, 2.05) is 6.07 Å². The van der Waals surface area contributed by atoms with Crippen LogP contribution in [-0.2, 0) is 17.6 Å². The van der Waals surface area contributed by atoms with Crippen LogP contribution >= 0.6 is 0 Å². The van der Waals surface area contributed by atoms with Gasteiger partial charge in [0, 0.05) is 24.5 Å². The van der Waals surface area contributed by atoms with Crippen LogP contribution in [0.2, 0.25) is 0 Å². The zero-order valence-electron chi connectivity index (χ0n) is 7.12. The first-order valence-corrected chi connectivity index (χ1v) is 4.22. The van der Waals surface area contributed by atoms with E-state index in [1.165, 1.54) is 0 Å². The molecule has 0 amide bonds. The van der Waals surface area contributed by atoms with E-state index >= 15 is 0 Å². The van der Waals surface area contributed by atoms with Crippen LogP contribution in [0.1, 0.15) is 11.1 Å². The van der Waals surface area contributed by atoms with E-state index in [4.69, 9.17) is 4.74 Å². The van der Waals surface area contributed by atoms with Crippen molar-refractivity contribution >= 4 is 6.29 Å². The number of hydrogen-bond donors (Lipinski definition) is 1. The number of phenols is 1. The Hall–Kier alpha value is -1.51. The zero-order chi connectivity index (χ0) is 9.26. The molecule has 13 heavy (non-hydrogen) atoms. The number of hydrogen-bond acceptors (Lipinski definition) is 3. The molecule has 1 aromatic rings. The molecule has 0 saturated heterocycles. The molecule has 1 N–H and O–H groups in total. The van der Waals surface area contributed by atoms with Crippen molar-refractivity contribution in [2.75, 3.05) is 6.61 Å². The lowest BCUT2D eigenvalue weighted by molar-refractivity contribution is -0.107. The lowest BCUT2D eigenvalue weighted by Crippen LogP contribution is -1.88. The minimum Gasteiger partial charge on any atom is -0.508 e. The van der Waals surface area contributed by atoms with Crippen LogP contribution in [0.5, 0.6) is 11.5 Å². The Morgan fingerprint density at radius 3 is 3.15 bits per heavy atom. The normalized spacial score (nSPS) is 13.5. The smallest absolute Gasteiger partial charge is 0.126 e. The number of aldehydes is 1. The molecule has 0 aliphatic carbocycles. The predicted molar refractivity (Wildman–Crippen MR) is 47.1 cm³/mol. The highest BCUT2D eigenvalue weighted by molar-refractivity contribution is 5.59. The van der Waals surface area contributed by atoms with Gasteiger partial charge in [-0.3, -0.25) is 0 Å². The molecule has 0 fully saturated rings. The van der Waals surface area contributed by atoms with E-state index < -0.39 is 0 Å². The molecule has 0 saturated carbocycles. The topological polar surface area (TPSA) is 46.5 Å². The summed E-state index contributed by atoms with van der Waals surface area (Å²) in [7, 11) is 0. The van der Waals surface area contributed by atoms with E-state index in [-0.39, 0.29) is 12.2 Å². The first kappa shape index (κ1) is 8.10. The van der Waals surface area contributed by atoms with Crippen molar-refractivity contribution in [3.8, 4) is 11.5 Å². The Labute approximate surface area is 76.0 Å². The Morgan fingerprint density at radius 2 is 2.38 bits per heavy atom. The fourth-order valence-electron chi connectivity index (χ4n) is 1.52. The molecule has 0 bridgehead atoms. The molecule has 1 aliphatic heterocycles. The Kier molecular flexibility index (Phi) is 1.93. The van der Waals surface area contributed by atoms with Crippen LogP contribution in [0.25, 0.3) is 0 Å². The van der Waals surface area contributed by atoms with Crippen molar-refractivity contribution < 1.29 is 14.6 Å². The summed E-state index contributed by atoms with van der Waals surface area (Å²) >= 11 is 0. The Balaban J connectivity index is 2.42. The quantitative estimate of drug-likeness (QED) is 0.689. The number of aromatic hydroxyl groups is 1. The SMILES string of the molecule is O=CCc1cc2c(cc1O)OCC2. The van der Waals surface area contributed by atoms with Gasteiger partial charge >= 0.3 is 0 Å². The summed E-state index contributed by atoms with van der Waals surface area (Å²) in [4.78, 5) is 10.3. The van der Waals surface area contributed by atoms with Gasteiger partial charge in [-0.2, -0.15) is 0 Å². The molecule has 3 nitrogen and oxygen atoms in total. The molecule has 3 heteroatoms. The van der Waals surface area contributed by atoms with Crippen LogP contribution < -0.4 is 4.74 Å². The maximum atomic E-state index is 10.3. The van der Waals surface area contributed by atoms with Gasteiger partial charge in [-0.05, 0) is 11.6 Å². The fraction of sp³-hybridized carbons (Fsp3) is 0.300. The molecule has 2 rings (SSSR count). The maximum absolute atomic E-state index is 10.3. The highest BCUT2D eigenvalue weighted by Crippen LogP contribution is 2.32. The van der Waals surface area contributed by atoms with Crippen molar-refractivity contribution in [1.29, 1.82) is 0 Å². The number of fused-ring (bicyclic) bond motifs is 1. The van der Waals surface area contributed by atoms with E-state index in [9.17, 15) is 9.90 Å². The van der Waals surface area contributed by atoms with Crippen molar-refractivity contribution in [2.24, 2.45) is 0 Å². The van der Waals surface area contributed by atoms with Gasteiger partial charge in [0.15, 0.2) is 0 Å². The van der Waals surface area contributed by atoms with E-state index in [0.717, 1.165) is 24.0 Å². The summed E-state index contributed by atoms with van der Waals surface area (Å²) < 4.78 is 5.26. The van der Waals surface area contributed by atoms with Crippen LogP contribution in [0.3, 0.4) is 0 Å². The highest BCUT2D eigenvalue weighted by atomic mass is 16.5. The summed E-state index contributed by atoms with van der Waals surface area (Å²) in [5, 5.41) is 9.47. The molecule has 0 spiro atoms. The molecule has 1 heterocycles. The minimum atomic E-state index is 0.146. The minimum absolute atomic E-state index is 0.146. The van der Waals surface area contributed by atoms with Crippen molar-refractivity contribution in [3.63, 3.8) is 0 Å². The third-order valence-electron chi connectivity index (χ3n) is 2.19. The lowest BCUT2D eigenvalue weighted by atomic mass is 10.1. The van der Waals surface area contributed by atoms with Crippen molar-refractivity contribution in [1.82, 2.24) is 0 Å². The second-order valence-corrected chi connectivity index (χ2v) is 3.06. The molecular weight excluding hydrogens is 168 g/mol. The standard InChI is InChI=1S/C10H10O3/c11-3-1-7-5-8-2-4-13-10(8)6-9(7)12/h3,5-6,12H,1-2,4H2. The molecule has 0 unspecified atom stereocenters. The van der Waals surface area contributed by atoms with Crippen LogP contribution in [-0.4, -0.2) is 18.0 Å². The first-order chi connectivity index (χ1) is 6.31. The van der Waals surface area contributed by atoms with Gasteiger partial charge in [-0.1, -0.05) is 0 Å². The molecular formula is C10H10O3. The Morgan fingerprint density at radius 1 is 1.54 bits per heavy atom. The fourth-order valence-corrected chi connectivity index (χ4v) is 1.52. The van der Waals surface area contributed by atoms with Gasteiger partial charge in [0.05, 0.1) is 6.61 Å². The number of carbonyl (C=O) groups is 1. The van der Waals surface area contributed by atoms with Gasteiger partial charge in [-0.15, -0.1) is 0 Å². The third-order valence-corrected chi connectivity index (χ3v) is 2.19. The van der Waals surface area contributed by atoms with E-state index in [1.54, 1.807) is 6.07 Å². The third kappa shape index (κ3) is 1.37. The average Bonchev–Trinajstić information content (AvgIpc) is 2.52. The molecule has 0 aromatic heterocycles. The van der Waals surface area contributed by atoms with Gasteiger partial charge in [0.2, 0.25) is 0 Å². The van der Waals surface area contributed by atoms with Gasteiger partial charge in [0.25, 0.3) is 0 Å². The average molecular weight is 178 g/mol. The second kappa shape index (κ2) is 3.09. The molecule has 1 aromatic carbocycles. The lowest BCUT2D eigenvalue weighted by Gasteiger charge is -2.04. The summed E-state index contributed by atoms with van der Waals surface area (Å²) in [6.45, 7) is 0.666. The molecule has 68 valence electrons. The monoisotopic (exact) mass is 178 g/mol. The van der Waals surface area contributed by atoms with Gasteiger partial charge < -0.3 is 14.6 Å². The van der Waals surface area contributed by atoms with Crippen molar-refractivity contribution in [2.45, 2.75) is 12.8 Å². The summed E-state index contributed by atoms with van der Waals surface area (Å²) in [5.74, 6) is 0.889. The number of carbonyl (C=O) groups excluding carboxylic acids is 1. The molecule has 1 aliphatic rings. The van der Waals surface area contributed by atoms with Gasteiger partial charge in [0.1, 0.15) is 17.8 Å². The second-order valence-electron chi connectivity index (χ2n) is 3.06. The maximum Gasteiger partial charge on any atom is 0.126 e. The largest absolute Gasteiger partial charge is 0.508 e. The van der Waals surface area contributed by atoms with Crippen molar-refractivity contribution in [3.05, 3.63) is 23.3 Å². The molecule has 0 atom stereocenters. The van der Waals surface area contributed by atoms with Crippen LogP contribution in [0.4, 0.5) is 0 Å². The highest BCUT2D eigenvalue weighted by Gasteiger charge is 2.14. The zero-order valence-corrected chi connectivity index (χ0v) is 7.12. The number of ether oxygens (including phenoxy) is 1. The van der Waals surface area contributed by atoms with E-state index in [0.29, 0.717) is 12.2 Å². The number of benzene rings is 1.